The molecule has 13 heavy (non-hydrogen) atoms. The number of unbranched alkanes of at least 4 members (excludes halogenated alkanes) is 2. The monoisotopic (exact) mass is 204 g/mol. The van der Waals surface area contributed by atoms with Gasteiger partial charge in [-0.2, -0.15) is 0 Å². The third-order valence-electron chi connectivity index (χ3n) is 2.07. The molecule has 78 valence electrons. The molecule has 0 N–H and O–H groups in total. The predicted molar refractivity (Wildman–Crippen MR) is 55.6 cm³/mol. The van der Waals surface area contributed by atoms with Gasteiger partial charge in [0.1, 0.15) is 0 Å². The molecule has 3 nitrogen and oxygen atoms in total. The Morgan fingerprint density at radius 2 is 1.62 bits per heavy atom. The molecule has 0 fully saturated rings. The van der Waals surface area contributed by atoms with Crippen molar-refractivity contribution >= 4 is 8.80 Å². The quantitative estimate of drug-likeness (QED) is 0.345. The van der Waals surface area contributed by atoms with E-state index in [1.165, 1.54) is 0 Å². The Hall–Kier alpha value is -0.163. The summed E-state index contributed by atoms with van der Waals surface area (Å²) in [5.41, 5.74) is 0. The van der Waals surface area contributed by atoms with Gasteiger partial charge in [0, 0.05) is 27.4 Å². The first kappa shape index (κ1) is 12.8. The van der Waals surface area contributed by atoms with Gasteiger partial charge in [0.15, 0.2) is 0 Å². The van der Waals surface area contributed by atoms with Crippen LogP contribution in [0.1, 0.15) is 19.3 Å². The highest BCUT2D eigenvalue weighted by molar-refractivity contribution is 6.60. The third kappa shape index (κ3) is 4.57. The number of allylic oxidation sites excluding steroid dienone is 1. The Labute approximate surface area is 82.1 Å². The molecule has 0 bridgehead atoms. The summed E-state index contributed by atoms with van der Waals surface area (Å²) >= 11 is 0. The minimum absolute atomic E-state index is 0.879. The summed E-state index contributed by atoms with van der Waals surface area (Å²) in [6, 6.07) is 0.879. The molecule has 4 heteroatoms. The van der Waals surface area contributed by atoms with E-state index in [4.69, 9.17) is 13.3 Å². The van der Waals surface area contributed by atoms with Crippen LogP contribution in [0.2, 0.25) is 6.04 Å². The Bertz CT molecular complexity index is 127. The lowest BCUT2D eigenvalue weighted by atomic mass is 10.2. The summed E-state index contributed by atoms with van der Waals surface area (Å²) in [5, 5.41) is 0. The van der Waals surface area contributed by atoms with Gasteiger partial charge in [-0.1, -0.05) is 6.08 Å². The maximum Gasteiger partial charge on any atom is 0.500 e. The van der Waals surface area contributed by atoms with Crippen molar-refractivity contribution < 1.29 is 13.3 Å². The maximum atomic E-state index is 5.29. The highest BCUT2D eigenvalue weighted by Gasteiger charge is 2.36. The van der Waals surface area contributed by atoms with Gasteiger partial charge in [0.05, 0.1) is 0 Å². The van der Waals surface area contributed by atoms with E-state index in [0.29, 0.717) is 0 Å². The van der Waals surface area contributed by atoms with Crippen LogP contribution in [0.15, 0.2) is 12.7 Å². The van der Waals surface area contributed by atoms with Crippen LogP contribution < -0.4 is 0 Å². The molecule has 0 saturated heterocycles. The van der Waals surface area contributed by atoms with Crippen LogP contribution >= 0.6 is 0 Å². The van der Waals surface area contributed by atoms with Crippen LogP contribution in [-0.2, 0) is 13.3 Å². The van der Waals surface area contributed by atoms with Crippen molar-refractivity contribution in [2.75, 3.05) is 21.3 Å². The van der Waals surface area contributed by atoms with E-state index in [-0.39, 0.29) is 0 Å². The zero-order chi connectivity index (χ0) is 10.2. The largest absolute Gasteiger partial charge is 0.500 e. The molecule has 0 spiro atoms. The van der Waals surface area contributed by atoms with Gasteiger partial charge in [-0.05, 0) is 19.3 Å². The standard InChI is InChI=1S/C9H20O3Si/c1-5-6-7-8-9-13(10-2,11-3)12-4/h5H,1,6-9H2,2-4H3. The molecular weight excluding hydrogens is 184 g/mol. The predicted octanol–water partition coefficient (Wildman–Crippen LogP) is 2.22. The van der Waals surface area contributed by atoms with E-state index in [9.17, 15) is 0 Å². The van der Waals surface area contributed by atoms with E-state index in [2.05, 4.69) is 6.58 Å². The summed E-state index contributed by atoms with van der Waals surface area (Å²) in [6.07, 6.45) is 5.15. The first-order valence-corrected chi connectivity index (χ1v) is 6.44. The maximum absolute atomic E-state index is 5.29. The van der Waals surface area contributed by atoms with Gasteiger partial charge < -0.3 is 13.3 Å². The molecule has 0 unspecified atom stereocenters. The van der Waals surface area contributed by atoms with Crippen molar-refractivity contribution in [3.05, 3.63) is 12.7 Å². The van der Waals surface area contributed by atoms with E-state index in [1.54, 1.807) is 21.3 Å². The Kier molecular flexibility index (Phi) is 7.17. The van der Waals surface area contributed by atoms with Crippen molar-refractivity contribution in [2.45, 2.75) is 25.3 Å². The second-order valence-corrected chi connectivity index (χ2v) is 5.92. The molecule has 0 aromatic carbocycles. The lowest BCUT2D eigenvalue weighted by Crippen LogP contribution is -2.42. The highest BCUT2D eigenvalue weighted by atomic mass is 28.4. The Morgan fingerprint density at radius 1 is 1.08 bits per heavy atom. The van der Waals surface area contributed by atoms with E-state index in [0.717, 1.165) is 25.3 Å². The van der Waals surface area contributed by atoms with Crippen LogP contribution in [0.5, 0.6) is 0 Å². The van der Waals surface area contributed by atoms with E-state index in [1.807, 2.05) is 6.08 Å². The summed E-state index contributed by atoms with van der Waals surface area (Å²) in [5.74, 6) is 0. The zero-order valence-electron chi connectivity index (χ0n) is 8.84. The smallest absolute Gasteiger partial charge is 0.377 e. The van der Waals surface area contributed by atoms with Gasteiger partial charge >= 0.3 is 8.80 Å². The molecular formula is C9H20O3Si. The molecule has 0 atom stereocenters. The summed E-state index contributed by atoms with van der Waals surface area (Å²) in [7, 11) is 2.63. The van der Waals surface area contributed by atoms with Crippen molar-refractivity contribution in [3.8, 4) is 0 Å². The van der Waals surface area contributed by atoms with Gasteiger partial charge in [-0.3, -0.25) is 0 Å². The first-order chi connectivity index (χ1) is 6.24. The Balaban J connectivity index is 3.74. The van der Waals surface area contributed by atoms with Crippen molar-refractivity contribution in [1.82, 2.24) is 0 Å². The molecule has 0 aromatic heterocycles. The highest BCUT2D eigenvalue weighted by Crippen LogP contribution is 2.16. The fourth-order valence-corrected chi connectivity index (χ4v) is 2.98. The molecule has 0 saturated carbocycles. The minimum atomic E-state index is -2.30. The van der Waals surface area contributed by atoms with Crippen LogP contribution in [0, 0.1) is 0 Å². The minimum Gasteiger partial charge on any atom is -0.377 e. The third-order valence-corrected chi connectivity index (χ3v) is 4.91. The second kappa shape index (κ2) is 7.26. The number of rotatable bonds is 8. The van der Waals surface area contributed by atoms with Crippen LogP contribution in [-0.4, -0.2) is 30.1 Å². The summed E-state index contributed by atoms with van der Waals surface area (Å²) < 4.78 is 15.9. The second-order valence-electron chi connectivity index (χ2n) is 2.83. The molecule has 0 aliphatic rings. The van der Waals surface area contributed by atoms with E-state index < -0.39 is 8.80 Å². The molecule has 0 aromatic rings. The van der Waals surface area contributed by atoms with Gasteiger partial charge in [0.2, 0.25) is 0 Å². The van der Waals surface area contributed by atoms with Crippen LogP contribution in [0.25, 0.3) is 0 Å². The van der Waals surface area contributed by atoms with Crippen molar-refractivity contribution in [2.24, 2.45) is 0 Å². The normalized spacial score (nSPS) is 11.6. The molecule has 0 heterocycles. The van der Waals surface area contributed by atoms with E-state index >= 15 is 0 Å². The van der Waals surface area contributed by atoms with Gasteiger partial charge in [-0.15, -0.1) is 6.58 Å². The van der Waals surface area contributed by atoms with Crippen molar-refractivity contribution in [1.29, 1.82) is 0 Å². The SMILES string of the molecule is C=CCCCC[Si](OC)(OC)OC. The summed E-state index contributed by atoms with van der Waals surface area (Å²) in [6.45, 7) is 3.67. The molecule has 0 amide bonds. The van der Waals surface area contributed by atoms with Crippen LogP contribution in [0.4, 0.5) is 0 Å². The first-order valence-electron chi connectivity index (χ1n) is 4.51. The average Bonchev–Trinajstić information content (AvgIpc) is 2.20. The molecule has 0 aliphatic heterocycles. The zero-order valence-corrected chi connectivity index (χ0v) is 9.84. The number of hydrogen-bond donors (Lipinski definition) is 0. The lowest BCUT2D eigenvalue weighted by Gasteiger charge is -2.24. The topological polar surface area (TPSA) is 27.7 Å². The van der Waals surface area contributed by atoms with Crippen LogP contribution in [0.3, 0.4) is 0 Å². The number of hydrogen-bond acceptors (Lipinski definition) is 3. The average molecular weight is 204 g/mol. The van der Waals surface area contributed by atoms with Crippen molar-refractivity contribution in [3.63, 3.8) is 0 Å². The Morgan fingerprint density at radius 3 is 2.00 bits per heavy atom. The molecule has 0 rings (SSSR count). The fourth-order valence-electron chi connectivity index (χ4n) is 1.19. The fraction of sp³-hybridized carbons (Fsp3) is 0.778. The van der Waals surface area contributed by atoms with Gasteiger partial charge in [-0.25, -0.2) is 0 Å². The lowest BCUT2D eigenvalue weighted by molar-refractivity contribution is 0.123. The molecule has 0 radical (unpaired) electrons. The summed E-state index contributed by atoms with van der Waals surface area (Å²) in [4.78, 5) is 0. The molecule has 0 aliphatic carbocycles. The van der Waals surface area contributed by atoms with Gasteiger partial charge in [0.25, 0.3) is 0 Å².